The van der Waals surface area contributed by atoms with Crippen molar-refractivity contribution in [2.75, 3.05) is 12.4 Å². The molecule has 104 valence electrons. The smallest absolute Gasteiger partial charge is 0.224 e. The van der Waals surface area contributed by atoms with E-state index in [2.05, 4.69) is 31.4 Å². The predicted molar refractivity (Wildman–Crippen MR) is 74.6 cm³/mol. The molecule has 1 atom stereocenters. The van der Waals surface area contributed by atoms with Gasteiger partial charge in [0.25, 0.3) is 0 Å². The molecular weight excluding hydrogens is 243 g/mol. The number of rotatable bonds is 2. The Labute approximate surface area is 113 Å². The number of halogens is 1. The molecule has 1 heterocycles. The summed E-state index contributed by atoms with van der Waals surface area (Å²) < 4.78 is 14.3. The summed E-state index contributed by atoms with van der Waals surface area (Å²) >= 11 is 0. The first-order valence-electron chi connectivity index (χ1n) is 6.62. The first-order valence-corrected chi connectivity index (χ1v) is 6.62. The number of benzene rings is 1. The van der Waals surface area contributed by atoms with Crippen LogP contribution in [0.2, 0.25) is 0 Å². The first kappa shape index (κ1) is 14.0. The van der Waals surface area contributed by atoms with Crippen molar-refractivity contribution in [2.24, 2.45) is 5.41 Å². The third-order valence-corrected chi connectivity index (χ3v) is 3.58. The molecule has 1 unspecified atom stereocenters. The number of hydrogen-bond acceptors (Lipinski definition) is 2. The molecule has 0 spiro atoms. The molecule has 0 radical (unpaired) electrons. The number of carbonyl (C=O) groups is 1. The van der Waals surface area contributed by atoms with Gasteiger partial charge in [0.05, 0.1) is 0 Å². The molecule has 1 aliphatic heterocycles. The van der Waals surface area contributed by atoms with E-state index in [4.69, 9.17) is 0 Å². The van der Waals surface area contributed by atoms with Crippen molar-refractivity contribution in [1.82, 2.24) is 5.32 Å². The molecule has 0 aromatic heterocycles. The van der Waals surface area contributed by atoms with Crippen molar-refractivity contribution in [3.05, 3.63) is 29.1 Å². The van der Waals surface area contributed by atoms with Crippen LogP contribution in [0.1, 0.15) is 44.4 Å². The molecule has 0 fully saturated rings. The molecule has 2 N–H and O–H groups in total. The highest BCUT2D eigenvalue weighted by Gasteiger charge is 2.28. The summed E-state index contributed by atoms with van der Waals surface area (Å²) in [6.07, 6.45) is 1.15. The first-order chi connectivity index (χ1) is 8.82. The lowest BCUT2D eigenvalue weighted by atomic mass is 9.81. The Morgan fingerprint density at radius 2 is 2.00 bits per heavy atom. The van der Waals surface area contributed by atoms with Gasteiger partial charge < -0.3 is 10.6 Å². The molecule has 0 saturated heterocycles. The van der Waals surface area contributed by atoms with E-state index >= 15 is 0 Å². The Kier molecular flexibility index (Phi) is 3.63. The predicted octanol–water partition coefficient (Wildman–Crippen LogP) is 3.02. The SMILES string of the molecule is CNC(c1cc2c(cc1F)NC(=O)CC2)C(C)(C)C. The van der Waals surface area contributed by atoms with Gasteiger partial charge in [0, 0.05) is 23.7 Å². The monoisotopic (exact) mass is 264 g/mol. The molecule has 0 saturated carbocycles. The van der Waals surface area contributed by atoms with Crippen LogP contribution in [0.3, 0.4) is 0 Å². The highest BCUT2D eigenvalue weighted by molar-refractivity contribution is 5.93. The molecule has 2 rings (SSSR count). The summed E-state index contributed by atoms with van der Waals surface area (Å²) in [6.45, 7) is 6.23. The van der Waals surface area contributed by atoms with Gasteiger partial charge in [0.15, 0.2) is 0 Å². The quantitative estimate of drug-likeness (QED) is 0.862. The van der Waals surface area contributed by atoms with Crippen LogP contribution in [0, 0.1) is 11.2 Å². The minimum atomic E-state index is -0.268. The summed E-state index contributed by atoms with van der Waals surface area (Å²) in [6, 6.07) is 3.27. The van der Waals surface area contributed by atoms with Crippen LogP contribution in [0.25, 0.3) is 0 Å². The van der Waals surface area contributed by atoms with E-state index in [0.29, 0.717) is 24.1 Å². The second-order valence-corrected chi connectivity index (χ2v) is 6.17. The van der Waals surface area contributed by atoms with Crippen LogP contribution in [0.4, 0.5) is 10.1 Å². The number of fused-ring (bicyclic) bond motifs is 1. The van der Waals surface area contributed by atoms with E-state index < -0.39 is 0 Å². The standard InChI is InChI=1S/C15H21FN2O/c1-15(2,3)14(17-4)10-7-9-5-6-13(19)18-12(9)8-11(10)16/h7-8,14,17H,5-6H2,1-4H3,(H,18,19). The molecule has 0 bridgehead atoms. The Balaban J connectivity index is 2.45. The van der Waals surface area contributed by atoms with Crippen molar-refractivity contribution < 1.29 is 9.18 Å². The normalized spacial score (nSPS) is 16.8. The summed E-state index contributed by atoms with van der Waals surface area (Å²) in [5, 5.41) is 5.91. The van der Waals surface area contributed by atoms with Crippen LogP contribution >= 0.6 is 0 Å². The van der Waals surface area contributed by atoms with Gasteiger partial charge in [-0.1, -0.05) is 20.8 Å². The summed E-state index contributed by atoms with van der Waals surface area (Å²) in [7, 11) is 1.84. The average molecular weight is 264 g/mol. The Morgan fingerprint density at radius 1 is 1.32 bits per heavy atom. The van der Waals surface area contributed by atoms with Crippen LogP contribution in [-0.2, 0) is 11.2 Å². The molecule has 1 aliphatic rings. The van der Waals surface area contributed by atoms with Gasteiger partial charge in [0.2, 0.25) is 5.91 Å². The molecule has 1 amide bonds. The fourth-order valence-corrected chi connectivity index (χ4v) is 2.70. The van der Waals surface area contributed by atoms with E-state index in [1.54, 1.807) is 0 Å². The average Bonchev–Trinajstić information content (AvgIpc) is 2.29. The number of nitrogens with one attached hydrogen (secondary N) is 2. The van der Waals surface area contributed by atoms with Gasteiger partial charge in [-0.05, 0) is 36.6 Å². The maximum Gasteiger partial charge on any atom is 0.224 e. The van der Waals surface area contributed by atoms with Crippen molar-refractivity contribution in [2.45, 2.75) is 39.7 Å². The van der Waals surface area contributed by atoms with Crippen LogP contribution in [0.5, 0.6) is 0 Å². The lowest BCUT2D eigenvalue weighted by molar-refractivity contribution is -0.116. The van der Waals surface area contributed by atoms with Gasteiger partial charge in [-0.15, -0.1) is 0 Å². The second-order valence-electron chi connectivity index (χ2n) is 6.17. The van der Waals surface area contributed by atoms with Crippen molar-refractivity contribution >= 4 is 11.6 Å². The maximum atomic E-state index is 14.3. The van der Waals surface area contributed by atoms with Crippen LogP contribution < -0.4 is 10.6 Å². The van der Waals surface area contributed by atoms with Gasteiger partial charge in [0.1, 0.15) is 5.82 Å². The Hall–Kier alpha value is -1.42. The van der Waals surface area contributed by atoms with E-state index in [-0.39, 0.29) is 23.2 Å². The number of hydrogen-bond donors (Lipinski definition) is 2. The molecule has 1 aromatic carbocycles. The zero-order chi connectivity index (χ0) is 14.2. The van der Waals surface area contributed by atoms with Crippen molar-refractivity contribution in [1.29, 1.82) is 0 Å². The number of amides is 1. The van der Waals surface area contributed by atoms with E-state index in [0.717, 1.165) is 5.56 Å². The lowest BCUT2D eigenvalue weighted by Crippen LogP contribution is -2.31. The molecule has 0 aliphatic carbocycles. The Morgan fingerprint density at radius 3 is 2.58 bits per heavy atom. The number of carbonyl (C=O) groups excluding carboxylic acids is 1. The molecule has 19 heavy (non-hydrogen) atoms. The second kappa shape index (κ2) is 4.93. The third kappa shape index (κ3) is 2.78. The minimum Gasteiger partial charge on any atom is -0.326 e. The summed E-state index contributed by atoms with van der Waals surface area (Å²) in [5.74, 6) is -0.309. The largest absolute Gasteiger partial charge is 0.326 e. The zero-order valence-electron chi connectivity index (χ0n) is 11.9. The third-order valence-electron chi connectivity index (χ3n) is 3.58. The highest BCUT2D eigenvalue weighted by Crippen LogP contribution is 2.36. The van der Waals surface area contributed by atoms with Crippen LogP contribution in [0.15, 0.2) is 12.1 Å². The minimum absolute atomic E-state index is 0.0411. The van der Waals surface area contributed by atoms with Gasteiger partial charge >= 0.3 is 0 Å². The summed E-state index contributed by atoms with van der Waals surface area (Å²) in [5.41, 5.74) is 2.22. The van der Waals surface area contributed by atoms with Gasteiger partial charge in [-0.3, -0.25) is 4.79 Å². The summed E-state index contributed by atoms with van der Waals surface area (Å²) in [4.78, 5) is 11.3. The van der Waals surface area contributed by atoms with E-state index in [9.17, 15) is 9.18 Å². The van der Waals surface area contributed by atoms with E-state index in [1.807, 2.05) is 13.1 Å². The fraction of sp³-hybridized carbons (Fsp3) is 0.533. The van der Waals surface area contributed by atoms with Gasteiger partial charge in [-0.25, -0.2) is 4.39 Å². The molecule has 1 aromatic rings. The highest BCUT2D eigenvalue weighted by atomic mass is 19.1. The van der Waals surface area contributed by atoms with E-state index in [1.165, 1.54) is 6.07 Å². The van der Waals surface area contributed by atoms with Crippen molar-refractivity contribution in [3.63, 3.8) is 0 Å². The fourth-order valence-electron chi connectivity index (χ4n) is 2.70. The number of anilines is 1. The molecule has 3 nitrogen and oxygen atoms in total. The number of aryl methyl sites for hydroxylation is 1. The molecular formula is C15H21FN2O. The zero-order valence-corrected chi connectivity index (χ0v) is 11.9. The lowest BCUT2D eigenvalue weighted by Gasteiger charge is -2.32. The Bertz CT molecular complexity index is 506. The molecule has 4 heteroatoms. The van der Waals surface area contributed by atoms with Crippen molar-refractivity contribution in [3.8, 4) is 0 Å². The van der Waals surface area contributed by atoms with Crippen LogP contribution in [-0.4, -0.2) is 13.0 Å². The maximum absolute atomic E-state index is 14.3. The van der Waals surface area contributed by atoms with Gasteiger partial charge in [-0.2, -0.15) is 0 Å². The topological polar surface area (TPSA) is 41.1 Å².